The summed E-state index contributed by atoms with van der Waals surface area (Å²) in [5.41, 5.74) is 5.77. The summed E-state index contributed by atoms with van der Waals surface area (Å²) in [5, 5.41) is 9.28. The van der Waals surface area contributed by atoms with Crippen molar-refractivity contribution < 1.29 is 5.11 Å². The van der Waals surface area contributed by atoms with Gasteiger partial charge in [0.1, 0.15) is 0 Å². The van der Waals surface area contributed by atoms with Gasteiger partial charge in [0.15, 0.2) is 0 Å². The molecule has 0 spiro atoms. The SMILES string of the molecule is CC(CCN(C)C)C1=C(CCO)Cc2ccccc21. The van der Waals surface area contributed by atoms with Gasteiger partial charge in [-0.25, -0.2) is 0 Å². The predicted octanol–water partition coefficient (Wildman–Crippen LogP) is 2.97. The molecule has 0 aliphatic heterocycles. The Kier molecular flexibility index (Phi) is 4.78. The van der Waals surface area contributed by atoms with Gasteiger partial charge in [0.2, 0.25) is 0 Å². The molecule has 0 amide bonds. The summed E-state index contributed by atoms with van der Waals surface area (Å²) in [6.45, 7) is 3.69. The quantitative estimate of drug-likeness (QED) is 0.849. The summed E-state index contributed by atoms with van der Waals surface area (Å²) in [4.78, 5) is 2.24. The molecule has 1 aromatic rings. The van der Waals surface area contributed by atoms with Crippen LogP contribution < -0.4 is 0 Å². The zero-order valence-corrected chi connectivity index (χ0v) is 12.3. The Labute approximate surface area is 116 Å². The first-order valence-corrected chi connectivity index (χ1v) is 7.19. The average molecular weight is 259 g/mol. The molecule has 1 unspecified atom stereocenters. The van der Waals surface area contributed by atoms with Gasteiger partial charge >= 0.3 is 0 Å². The summed E-state index contributed by atoms with van der Waals surface area (Å²) in [5.74, 6) is 0.563. The fourth-order valence-electron chi connectivity index (χ4n) is 3.02. The minimum atomic E-state index is 0.257. The average Bonchev–Trinajstić information content (AvgIpc) is 2.74. The van der Waals surface area contributed by atoms with Crippen molar-refractivity contribution >= 4 is 5.57 Å². The van der Waals surface area contributed by atoms with Crippen LogP contribution in [-0.2, 0) is 6.42 Å². The Morgan fingerprint density at radius 2 is 2.00 bits per heavy atom. The third kappa shape index (κ3) is 3.26. The Hall–Kier alpha value is -1.12. The minimum absolute atomic E-state index is 0.257. The van der Waals surface area contributed by atoms with Crippen molar-refractivity contribution in [2.24, 2.45) is 5.92 Å². The number of nitrogens with zero attached hydrogens (tertiary/aromatic N) is 1. The summed E-state index contributed by atoms with van der Waals surface area (Å²) < 4.78 is 0. The Bertz CT molecular complexity index is 462. The van der Waals surface area contributed by atoms with Gasteiger partial charge < -0.3 is 10.0 Å². The molecule has 1 aliphatic carbocycles. The minimum Gasteiger partial charge on any atom is -0.396 e. The van der Waals surface area contributed by atoms with Crippen molar-refractivity contribution in [3.05, 3.63) is 41.0 Å². The molecule has 104 valence electrons. The molecule has 1 aromatic carbocycles. The van der Waals surface area contributed by atoms with Crippen LogP contribution >= 0.6 is 0 Å². The lowest BCUT2D eigenvalue weighted by molar-refractivity contribution is 0.298. The summed E-state index contributed by atoms with van der Waals surface area (Å²) in [6, 6.07) is 8.70. The molecule has 0 aromatic heterocycles. The van der Waals surface area contributed by atoms with E-state index < -0.39 is 0 Å². The number of fused-ring (bicyclic) bond motifs is 1. The number of allylic oxidation sites excluding steroid dienone is 1. The fourth-order valence-corrected chi connectivity index (χ4v) is 3.02. The van der Waals surface area contributed by atoms with Crippen LogP contribution in [0.25, 0.3) is 5.57 Å². The Morgan fingerprint density at radius 3 is 2.68 bits per heavy atom. The second-order valence-corrected chi connectivity index (χ2v) is 5.82. The van der Waals surface area contributed by atoms with Gasteiger partial charge in [-0.1, -0.05) is 36.8 Å². The molecule has 0 saturated heterocycles. The van der Waals surface area contributed by atoms with E-state index in [-0.39, 0.29) is 6.61 Å². The maximum absolute atomic E-state index is 9.28. The Balaban J connectivity index is 2.23. The second kappa shape index (κ2) is 6.36. The van der Waals surface area contributed by atoms with Gasteiger partial charge in [-0.3, -0.25) is 0 Å². The number of rotatable bonds is 6. The number of hydrogen-bond acceptors (Lipinski definition) is 2. The van der Waals surface area contributed by atoms with Crippen LogP contribution in [-0.4, -0.2) is 37.3 Å². The first-order valence-electron chi connectivity index (χ1n) is 7.19. The van der Waals surface area contributed by atoms with Crippen molar-refractivity contribution in [2.75, 3.05) is 27.2 Å². The number of benzene rings is 1. The van der Waals surface area contributed by atoms with Crippen LogP contribution in [0.15, 0.2) is 29.8 Å². The molecular weight excluding hydrogens is 234 g/mol. The molecule has 19 heavy (non-hydrogen) atoms. The smallest absolute Gasteiger partial charge is 0.0468 e. The van der Waals surface area contributed by atoms with E-state index in [1.54, 1.807) is 0 Å². The van der Waals surface area contributed by atoms with E-state index in [1.807, 2.05) is 0 Å². The van der Waals surface area contributed by atoms with Gasteiger partial charge in [0.25, 0.3) is 0 Å². The van der Waals surface area contributed by atoms with Crippen molar-refractivity contribution in [1.82, 2.24) is 4.90 Å². The monoisotopic (exact) mass is 259 g/mol. The molecule has 2 heteroatoms. The van der Waals surface area contributed by atoms with E-state index in [0.717, 1.165) is 19.4 Å². The molecule has 2 rings (SSSR count). The largest absolute Gasteiger partial charge is 0.396 e. The lowest BCUT2D eigenvalue weighted by atomic mass is 9.90. The van der Waals surface area contributed by atoms with Gasteiger partial charge in [-0.15, -0.1) is 0 Å². The fraction of sp³-hybridized carbons (Fsp3) is 0.529. The summed E-state index contributed by atoms with van der Waals surface area (Å²) in [6.07, 6.45) is 3.01. The summed E-state index contributed by atoms with van der Waals surface area (Å²) >= 11 is 0. The van der Waals surface area contributed by atoms with Crippen LogP contribution in [0.4, 0.5) is 0 Å². The molecule has 1 N–H and O–H groups in total. The van der Waals surface area contributed by atoms with E-state index in [9.17, 15) is 5.11 Å². The molecule has 2 nitrogen and oxygen atoms in total. The van der Waals surface area contributed by atoms with Crippen molar-refractivity contribution in [3.63, 3.8) is 0 Å². The molecular formula is C17H25NO. The van der Waals surface area contributed by atoms with E-state index in [1.165, 1.54) is 28.7 Å². The van der Waals surface area contributed by atoms with Crippen LogP contribution in [0.2, 0.25) is 0 Å². The van der Waals surface area contributed by atoms with Crippen molar-refractivity contribution in [3.8, 4) is 0 Å². The van der Waals surface area contributed by atoms with E-state index >= 15 is 0 Å². The first-order chi connectivity index (χ1) is 9.13. The molecule has 1 atom stereocenters. The molecule has 1 aliphatic rings. The van der Waals surface area contributed by atoms with Crippen LogP contribution in [0, 0.1) is 5.92 Å². The van der Waals surface area contributed by atoms with Gasteiger partial charge in [-0.05, 0) is 62.5 Å². The highest BCUT2D eigenvalue weighted by atomic mass is 16.2. The van der Waals surface area contributed by atoms with Crippen molar-refractivity contribution in [2.45, 2.75) is 26.2 Å². The van der Waals surface area contributed by atoms with Crippen LogP contribution in [0.1, 0.15) is 30.9 Å². The van der Waals surface area contributed by atoms with E-state index in [2.05, 4.69) is 50.2 Å². The number of hydrogen-bond donors (Lipinski definition) is 1. The third-order valence-corrected chi connectivity index (χ3v) is 4.01. The lowest BCUT2D eigenvalue weighted by Crippen LogP contribution is -2.16. The van der Waals surface area contributed by atoms with Crippen LogP contribution in [0.5, 0.6) is 0 Å². The number of aliphatic hydroxyl groups is 1. The standard InChI is InChI=1S/C17H25NO/c1-13(8-10-18(2)3)17-15(9-11-19)12-14-6-4-5-7-16(14)17/h4-7,13,19H,8-12H2,1-3H3. The van der Waals surface area contributed by atoms with Gasteiger partial charge in [0.05, 0.1) is 0 Å². The zero-order chi connectivity index (χ0) is 13.8. The molecule has 0 heterocycles. The molecule has 0 saturated carbocycles. The molecule has 0 bridgehead atoms. The highest BCUT2D eigenvalue weighted by Crippen LogP contribution is 2.39. The topological polar surface area (TPSA) is 23.5 Å². The first kappa shape index (κ1) is 14.3. The maximum atomic E-state index is 9.28. The number of aliphatic hydroxyl groups excluding tert-OH is 1. The van der Waals surface area contributed by atoms with Gasteiger partial charge in [0, 0.05) is 6.61 Å². The third-order valence-electron chi connectivity index (χ3n) is 4.01. The molecule has 0 fully saturated rings. The predicted molar refractivity (Wildman–Crippen MR) is 81.1 cm³/mol. The molecule has 0 radical (unpaired) electrons. The van der Waals surface area contributed by atoms with Crippen LogP contribution in [0.3, 0.4) is 0 Å². The highest BCUT2D eigenvalue weighted by Gasteiger charge is 2.24. The highest BCUT2D eigenvalue weighted by molar-refractivity contribution is 5.77. The van der Waals surface area contributed by atoms with Crippen molar-refractivity contribution in [1.29, 1.82) is 0 Å². The van der Waals surface area contributed by atoms with E-state index in [0.29, 0.717) is 5.92 Å². The Morgan fingerprint density at radius 1 is 1.26 bits per heavy atom. The maximum Gasteiger partial charge on any atom is 0.0468 e. The summed E-state index contributed by atoms with van der Waals surface area (Å²) in [7, 11) is 4.25. The van der Waals surface area contributed by atoms with E-state index in [4.69, 9.17) is 0 Å². The lowest BCUT2D eigenvalue weighted by Gasteiger charge is -2.19. The normalized spacial score (nSPS) is 16.1. The van der Waals surface area contributed by atoms with Gasteiger partial charge in [-0.2, -0.15) is 0 Å². The second-order valence-electron chi connectivity index (χ2n) is 5.82. The zero-order valence-electron chi connectivity index (χ0n) is 12.3.